The van der Waals surface area contributed by atoms with Gasteiger partial charge in [0.2, 0.25) is 0 Å². The summed E-state index contributed by atoms with van der Waals surface area (Å²) < 4.78 is 5.68. The normalized spacial score (nSPS) is 18.5. The topological polar surface area (TPSA) is 35.0 Å². The van der Waals surface area contributed by atoms with Gasteiger partial charge in [0.15, 0.2) is 5.82 Å². The monoisotopic (exact) mass is 282 g/mol. The molecule has 1 atom stereocenters. The summed E-state index contributed by atoms with van der Waals surface area (Å²) >= 11 is 6.12. The first kappa shape index (κ1) is 14.7. The molecule has 0 amide bonds. The van der Waals surface area contributed by atoms with Crippen LogP contribution in [0.3, 0.4) is 0 Å². The molecule has 0 aliphatic heterocycles. The maximum atomic E-state index is 6.12. The van der Waals surface area contributed by atoms with Crippen LogP contribution in [0.1, 0.15) is 63.1 Å². The van der Waals surface area contributed by atoms with Crippen molar-refractivity contribution in [3.05, 3.63) is 22.7 Å². The molecule has 0 aromatic carbocycles. The third-order valence-corrected chi connectivity index (χ3v) is 4.05. The van der Waals surface area contributed by atoms with Crippen molar-refractivity contribution in [1.29, 1.82) is 0 Å². The lowest BCUT2D eigenvalue weighted by Gasteiger charge is -2.28. The van der Waals surface area contributed by atoms with Gasteiger partial charge in [-0.15, -0.1) is 0 Å². The molecule has 2 rings (SSSR count). The van der Waals surface area contributed by atoms with Crippen LogP contribution in [0.5, 0.6) is 0 Å². The van der Waals surface area contributed by atoms with E-state index in [0.717, 1.165) is 24.4 Å². The van der Waals surface area contributed by atoms with Crippen LogP contribution in [0.25, 0.3) is 0 Å². The average molecular weight is 283 g/mol. The zero-order chi connectivity index (χ0) is 13.7. The molecule has 1 heterocycles. The number of rotatable bonds is 5. The maximum Gasteiger partial charge on any atom is 0.159 e. The third-order valence-electron chi connectivity index (χ3n) is 3.86. The summed E-state index contributed by atoms with van der Waals surface area (Å²) in [5, 5.41) is 0.534. The zero-order valence-corrected chi connectivity index (χ0v) is 12.6. The molecule has 1 fully saturated rings. The molecule has 1 aromatic rings. The Hall–Kier alpha value is -0.670. The Morgan fingerprint density at radius 2 is 2.05 bits per heavy atom. The van der Waals surface area contributed by atoms with Crippen LogP contribution in [-0.2, 0) is 11.2 Å². The maximum absolute atomic E-state index is 6.12. The summed E-state index contributed by atoms with van der Waals surface area (Å²) in [7, 11) is 1.75. The molecule has 1 aliphatic carbocycles. The standard InChI is InChI=1S/C15H23ClN2O/c1-3-7-12-10-13(16)18-15(17-12)14(19-2)11-8-5-4-6-9-11/h10-11,14H,3-9H2,1-2H3. The molecule has 3 nitrogen and oxygen atoms in total. The summed E-state index contributed by atoms with van der Waals surface area (Å²) in [5.74, 6) is 1.30. The molecule has 0 N–H and O–H groups in total. The van der Waals surface area contributed by atoms with Gasteiger partial charge < -0.3 is 4.74 Å². The summed E-state index contributed by atoms with van der Waals surface area (Å²) in [6.07, 6.45) is 8.32. The van der Waals surface area contributed by atoms with E-state index >= 15 is 0 Å². The molecular weight excluding hydrogens is 260 g/mol. The van der Waals surface area contributed by atoms with Crippen LogP contribution in [0.4, 0.5) is 0 Å². The Labute approximate surface area is 120 Å². The first-order valence-corrected chi connectivity index (χ1v) is 7.68. The fourth-order valence-corrected chi connectivity index (χ4v) is 3.15. The quantitative estimate of drug-likeness (QED) is 0.753. The van der Waals surface area contributed by atoms with Crippen LogP contribution < -0.4 is 0 Å². The second-order valence-electron chi connectivity index (χ2n) is 5.34. The van der Waals surface area contributed by atoms with Crippen molar-refractivity contribution in [3.63, 3.8) is 0 Å². The number of nitrogens with zero attached hydrogens (tertiary/aromatic N) is 2. The number of halogens is 1. The highest BCUT2D eigenvalue weighted by Gasteiger charge is 2.27. The number of hydrogen-bond acceptors (Lipinski definition) is 3. The molecule has 106 valence electrons. The van der Waals surface area contributed by atoms with Crippen LogP contribution in [0.15, 0.2) is 6.07 Å². The number of hydrogen-bond donors (Lipinski definition) is 0. The molecule has 0 spiro atoms. The van der Waals surface area contributed by atoms with Crippen LogP contribution >= 0.6 is 11.6 Å². The predicted molar refractivity (Wildman–Crippen MR) is 77.4 cm³/mol. The molecule has 1 saturated carbocycles. The van der Waals surface area contributed by atoms with Crippen molar-refractivity contribution in [3.8, 4) is 0 Å². The van der Waals surface area contributed by atoms with Crippen molar-refractivity contribution in [1.82, 2.24) is 9.97 Å². The van der Waals surface area contributed by atoms with E-state index in [1.165, 1.54) is 32.1 Å². The smallest absolute Gasteiger partial charge is 0.159 e. The van der Waals surface area contributed by atoms with Gasteiger partial charge in [-0.25, -0.2) is 9.97 Å². The first-order valence-electron chi connectivity index (χ1n) is 7.30. The Morgan fingerprint density at radius 3 is 2.68 bits per heavy atom. The number of methoxy groups -OCH3 is 1. The second-order valence-corrected chi connectivity index (χ2v) is 5.73. The van der Waals surface area contributed by atoms with Gasteiger partial charge in [-0.05, 0) is 31.2 Å². The first-order chi connectivity index (χ1) is 9.24. The summed E-state index contributed by atoms with van der Waals surface area (Å²) in [6.45, 7) is 2.14. The minimum absolute atomic E-state index is 0.00499. The SMILES string of the molecule is CCCc1cc(Cl)nc(C(OC)C2CCCCC2)n1. The predicted octanol–water partition coefficient (Wildman–Crippen LogP) is 4.35. The highest BCUT2D eigenvalue weighted by atomic mass is 35.5. The van der Waals surface area contributed by atoms with Crippen LogP contribution in [0.2, 0.25) is 5.15 Å². The van der Waals surface area contributed by atoms with E-state index in [2.05, 4.69) is 16.9 Å². The molecule has 0 bridgehead atoms. The molecule has 19 heavy (non-hydrogen) atoms. The van der Waals surface area contributed by atoms with E-state index in [1.54, 1.807) is 7.11 Å². The third kappa shape index (κ3) is 3.90. The molecular formula is C15H23ClN2O. The lowest BCUT2D eigenvalue weighted by molar-refractivity contribution is 0.0287. The fraction of sp³-hybridized carbons (Fsp3) is 0.733. The number of ether oxygens (including phenoxy) is 1. The van der Waals surface area contributed by atoms with Crippen molar-refractivity contribution < 1.29 is 4.74 Å². The lowest BCUT2D eigenvalue weighted by Crippen LogP contribution is -2.20. The number of aromatic nitrogens is 2. The van der Waals surface area contributed by atoms with Gasteiger partial charge in [0.05, 0.1) is 0 Å². The van der Waals surface area contributed by atoms with Gasteiger partial charge >= 0.3 is 0 Å². The average Bonchev–Trinajstić information content (AvgIpc) is 2.40. The van der Waals surface area contributed by atoms with Gasteiger partial charge in [-0.2, -0.15) is 0 Å². The lowest BCUT2D eigenvalue weighted by atomic mass is 9.85. The minimum atomic E-state index is -0.00499. The van der Waals surface area contributed by atoms with E-state index in [0.29, 0.717) is 11.1 Å². The molecule has 4 heteroatoms. The van der Waals surface area contributed by atoms with Gasteiger partial charge in [0.25, 0.3) is 0 Å². The Morgan fingerprint density at radius 1 is 1.32 bits per heavy atom. The zero-order valence-electron chi connectivity index (χ0n) is 11.9. The van der Waals surface area contributed by atoms with Crippen molar-refractivity contribution >= 4 is 11.6 Å². The van der Waals surface area contributed by atoms with E-state index in [1.807, 2.05) is 6.07 Å². The summed E-state index contributed by atoms with van der Waals surface area (Å²) in [6, 6.07) is 1.86. The van der Waals surface area contributed by atoms with E-state index < -0.39 is 0 Å². The number of aryl methyl sites for hydroxylation is 1. The van der Waals surface area contributed by atoms with Gasteiger partial charge in [0.1, 0.15) is 11.3 Å². The molecule has 1 unspecified atom stereocenters. The van der Waals surface area contributed by atoms with Gasteiger partial charge in [0, 0.05) is 12.8 Å². The van der Waals surface area contributed by atoms with Crippen molar-refractivity contribution in [2.45, 2.75) is 58.0 Å². The van der Waals surface area contributed by atoms with Crippen molar-refractivity contribution in [2.75, 3.05) is 7.11 Å². The largest absolute Gasteiger partial charge is 0.373 e. The fourth-order valence-electron chi connectivity index (χ4n) is 2.94. The van der Waals surface area contributed by atoms with E-state index in [9.17, 15) is 0 Å². The minimum Gasteiger partial charge on any atom is -0.373 e. The van der Waals surface area contributed by atoms with Gasteiger partial charge in [-0.1, -0.05) is 44.2 Å². The molecule has 0 radical (unpaired) electrons. The Bertz CT molecular complexity index is 405. The summed E-state index contributed by atoms with van der Waals surface area (Å²) in [5.41, 5.74) is 1.02. The molecule has 1 aromatic heterocycles. The van der Waals surface area contributed by atoms with Crippen LogP contribution in [-0.4, -0.2) is 17.1 Å². The van der Waals surface area contributed by atoms with E-state index in [-0.39, 0.29) is 6.10 Å². The highest BCUT2D eigenvalue weighted by molar-refractivity contribution is 6.29. The molecule has 0 saturated heterocycles. The highest BCUT2D eigenvalue weighted by Crippen LogP contribution is 2.35. The van der Waals surface area contributed by atoms with Gasteiger partial charge in [-0.3, -0.25) is 0 Å². The van der Waals surface area contributed by atoms with Crippen LogP contribution in [0, 0.1) is 5.92 Å². The van der Waals surface area contributed by atoms with Crippen molar-refractivity contribution in [2.24, 2.45) is 5.92 Å². The Balaban J connectivity index is 2.21. The van der Waals surface area contributed by atoms with E-state index in [4.69, 9.17) is 16.3 Å². The molecule has 1 aliphatic rings. The second kappa shape index (κ2) is 7.20. The Kier molecular flexibility index (Phi) is 5.59. The summed E-state index contributed by atoms with van der Waals surface area (Å²) in [4.78, 5) is 9.04.